The highest BCUT2D eigenvalue weighted by Crippen LogP contribution is 2.43. The molecule has 0 bridgehead atoms. The van der Waals surface area contributed by atoms with E-state index in [9.17, 15) is 36.2 Å². The van der Waals surface area contributed by atoms with E-state index in [1.165, 1.54) is 41.3 Å². The molecule has 2 aromatic carbocycles. The average Bonchev–Trinajstić information content (AvgIpc) is 3.37. The second-order valence-electron chi connectivity index (χ2n) is 8.83. The zero-order valence-electron chi connectivity index (χ0n) is 19.8. The van der Waals surface area contributed by atoms with Crippen LogP contribution in [0.2, 0.25) is 0 Å². The van der Waals surface area contributed by atoms with Gasteiger partial charge in [-0.1, -0.05) is 30.8 Å². The predicted octanol–water partition coefficient (Wildman–Crippen LogP) is 5.45. The Morgan fingerprint density at radius 3 is 2.34 bits per heavy atom. The van der Waals surface area contributed by atoms with E-state index in [0.29, 0.717) is 5.56 Å². The molecular weight excluding hydrogens is 518 g/mol. The van der Waals surface area contributed by atoms with E-state index in [4.69, 9.17) is 5.11 Å². The Kier molecular flexibility index (Phi) is 7.01. The first kappa shape index (κ1) is 27.2. The van der Waals surface area contributed by atoms with E-state index in [-0.39, 0.29) is 35.7 Å². The Hall–Kier alpha value is -3.84. The number of alkyl halides is 6. The SMILES string of the molecule is C=C1CN(Cc2cccc(C(F)(F)F)c2)c2c(C(O)N[C@@H](C)c3ccc(C(=O)O)cc3)c(C(F)(F)F)nn21. The number of nitrogens with zero attached hydrogens (tertiary/aromatic N) is 3. The molecule has 0 saturated carbocycles. The lowest BCUT2D eigenvalue weighted by molar-refractivity contribution is -0.143. The van der Waals surface area contributed by atoms with Crippen molar-refractivity contribution in [2.75, 3.05) is 11.4 Å². The summed E-state index contributed by atoms with van der Waals surface area (Å²) >= 11 is 0. The fourth-order valence-electron chi connectivity index (χ4n) is 4.30. The highest BCUT2D eigenvalue weighted by atomic mass is 19.4. The first-order chi connectivity index (χ1) is 17.7. The molecule has 0 aliphatic carbocycles. The molecule has 2 heterocycles. The van der Waals surface area contributed by atoms with E-state index < -0.39 is 47.4 Å². The van der Waals surface area contributed by atoms with Crippen molar-refractivity contribution in [2.45, 2.75) is 38.1 Å². The van der Waals surface area contributed by atoms with Crippen LogP contribution in [0.25, 0.3) is 5.70 Å². The number of fused-ring (bicyclic) bond motifs is 1. The van der Waals surface area contributed by atoms with E-state index >= 15 is 0 Å². The molecule has 0 amide bonds. The Labute approximate surface area is 212 Å². The molecule has 7 nitrogen and oxygen atoms in total. The van der Waals surface area contributed by atoms with Gasteiger partial charge in [-0.25, -0.2) is 9.48 Å². The monoisotopic (exact) mass is 540 g/mol. The Morgan fingerprint density at radius 1 is 1.11 bits per heavy atom. The zero-order valence-corrected chi connectivity index (χ0v) is 19.8. The lowest BCUT2D eigenvalue weighted by Crippen LogP contribution is -2.29. The largest absolute Gasteiger partial charge is 0.478 e. The van der Waals surface area contributed by atoms with E-state index in [0.717, 1.165) is 16.8 Å². The number of carboxylic acid groups (broad SMARTS) is 1. The van der Waals surface area contributed by atoms with Crippen LogP contribution in [-0.2, 0) is 18.9 Å². The van der Waals surface area contributed by atoms with E-state index in [2.05, 4.69) is 17.0 Å². The summed E-state index contributed by atoms with van der Waals surface area (Å²) in [4.78, 5) is 12.4. The van der Waals surface area contributed by atoms with Crippen LogP contribution in [0.15, 0.2) is 55.1 Å². The van der Waals surface area contributed by atoms with Gasteiger partial charge >= 0.3 is 18.3 Å². The Morgan fingerprint density at radius 2 is 1.76 bits per heavy atom. The van der Waals surface area contributed by atoms with Crippen LogP contribution in [0.3, 0.4) is 0 Å². The molecular formula is C25H22F6N4O3. The highest BCUT2D eigenvalue weighted by Gasteiger charge is 2.44. The van der Waals surface area contributed by atoms with E-state index in [1.54, 1.807) is 6.92 Å². The van der Waals surface area contributed by atoms with Gasteiger partial charge in [0, 0.05) is 12.6 Å². The number of aliphatic hydroxyl groups excluding tert-OH is 1. The molecule has 3 N–H and O–H groups in total. The number of rotatable bonds is 7. The smallest absolute Gasteiger partial charge is 0.435 e. The number of carboxylic acids is 1. The molecule has 1 aromatic heterocycles. The molecule has 0 fully saturated rings. The molecule has 0 spiro atoms. The summed E-state index contributed by atoms with van der Waals surface area (Å²) in [5, 5.41) is 26.3. The molecule has 38 heavy (non-hydrogen) atoms. The minimum atomic E-state index is -4.95. The van der Waals surface area contributed by atoms with Gasteiger partial charge in [-0.15, -0.1) is 0 Å². The van der Waals surface area contributed by atoms with Crippen molar-refractivity contribution in [3.8, 4) is 0 Å². The Balaban J connectivity index is 1.68. The van der Waals surface area contributed by atoms with Crippen molar-refractivity contribution in [1.82, 2.24) is 15.1 Å². The first-order valence-electron chi connectivity index (χ1n) is 11.2. The van der Waals surface area contributed by atoms with Crippen LogP contribution >= 0.6 is 0 Å². The standard InChI is InChI=1S/C25H22F6N4O3/c1-13-11-34(12-15-4-3-5-18(10-15)24(26,27)28)22-19(20(25(29,30)31)33-35(13)22)21(36)32-14(2)16-6-8-17(9-7-16)23(37)38/h3-10,14,21,32,36H,1,11-12H2,2H3,(H,37,38)/t14-,21?/m0/s1. The fourth-order valence-corrected chi connectivity index (χ4v) is 4.30. The van der Waals surface area contributed by atoms with Crippen LogP contribution in [0, 0.1) is 0 Å². The van der Waals surface area contributed by atoms with Crippen LogP contribution in [-0.4, -0.2) is 32.5 Å². The van der Waals surface area contributed by atoms with E-state index in [1.807, 2.05) is 0 Å². The Bertz CT molecular complexity index is 1360. The molecule has 0 radical (unpaired) electrons. The van der Waals surface area contributed by atoms with Gasteiger partial charge in [0.15, 0.2) is 5.69 Å². The average molecular weight is 540 g/mol. The van der Waals surface area contributed by atoms with Crippen LogP contribution < -0.4 is 10.2 Å². The third kappa shape index (κ3) is 5.38. The number of halogens is 6. The summed E-state index contributed by atoms with van der Waals surface area (Å²) in [7, 11) is 0. The van der Waals surface area contributed by atoms with Crippen molar-refractivity contribution >= 4 is 17.5 Å². The van der Waals surface area contributed by atoms with Crippen LogP contribution in [0.5, 0.6) is 0 Å². The van der Waals surface area contributed by atoms with Gasteiger partial charge in [-0.2, -0.15) is 31.4 Å². The summed E-state index contributed by atoms with van der Waals surface area (Å²) in [5.41, 5.74) is -2.02. The molecule has 1 aliphatic heterocycles. The zero-order chi connectivity index (χ0) is 28.0. The number of carbonyl (C=O) groups is 1. The third-order valence-corrected chi connectivity index (χ3v) is 6.10. The maximum atomic E-state index is 14.0. The highest BCUT2D eigenvalue weighted by molar-refractivity contribution is 5.87. The van der Waals surface area contributed by atoms with Gasteiger partial charge < -0.3 is 15.1 Å². The second kappa shape index (κ2) is 9.80. The lowest BCUT2D eigenvalue weighted by Gasteiger charge is -2.24. The molecule has 3 aromatic rings. The molecule has 1 aliphatic rings. The number of aromatic nitrogens is 2. The minimum absolute atomic E-state index is 0.0130. The number of anilines is 1. The summed E-state index contributed by atoms with van der Waals surface area (Å²) < 4.78 is 82.3. The number of hydrogen-bond acceptors (Lipinski definition) is 5. The van der Waals surface area contributed by atoms with Gasteiger partial charge in [-0.3, -0.25) is 5.32 Å². The predicted molar refractivity (Wildman–Crippen MR) is 125 cm³/mol. The van der Waals surface area contributed by atoms with Crippen molar-refractivity contribution in [1.29, 1.82) is 0 Å². The van der Waals surface area contributed by atoms with Gasteiger partial charge in [0.05, 0.1) is 28.9 Å². The van der Waals surface area contributed by atoms with Crippen LogP contribution in [0.1, 0.15) is 57.5 Å². The quantitative estimate of drug-likeness (QED) is 0.273. The normalized spacial score (nSPS) is 15.5. The molecule has 4 rings (SSSR count). The summed E-state index contributed by atoms with van der Waals surface area (Å²) in [5.74, 6) is -1.29. The maximum absolute atomic E-state index is 14.0. The lowest BCUT2D eigenvalue weighted by atomic mass is 10.0. The fraction of sp³-hybridized carbons (Fsp3) is 0.280. The van der Waals surface area contributed by atoms with Gasteiger partial charge in [-0.05, 0) is 42.3 Å². The minimum Gasteiger partial charge on any atom is -0.478 e. The number of aromatic carboxylic acids is 1. The molecule has 0 saturated heterocycles. The first-order valence-corrected chi connectivity index (χ1v) is 11.2. The van der Waals surface area contributed by atoms with Crippen LogP contribution in [0.4, 0.5) is 32.2 Å². The van der Waals surface area contributed by atoms with Gasteiger partial charge in [0.1, 0.15) is 12.0 Å². The summed E-state index contributed by atoms with van der Waals surface area (Å²) in [6.07, 6.45) is -11.4. The number of nitrogens with one attached hydrogen (secondary N) is 1. The molecule has 2 atom stereocenters. The van der Waals surface area contributed by atoms with Crippen molar-refractivity contribution < 1.29 is 41.4 Å². The van der Waals surface area contributed by atoms with Crippen molar-refractivity contribution in [3.05, 3.63) is 88.6 Å². The maximum Gasteiger partial charge on any atom is 0.435 e. The van der Waals surface area contributed by atoms with Gasteiger partial charge in [0.25, 0.3) is 0 Å². The molecule has 1 unspecified atom stereocenters. The molecule has 13 heteroatoms. The number of hydrogen-bond donors (Lipinski definition) is 3. The number of benzene rings is 2. The topological polar surface area (TPSA) is 90.6 Å². The number of aliphatic hydroxyl groups is 1. The van der Waals surface area contributed by atoms with Crippen molar-refractivity contribution in [2.24, 2.45) is 0 Å². The van der Waals surface area contributed by atoms with Crippen molar-refractivity contribution in [3.63, 3.8) is 0 Å². The molecule has 202 valence electrons. The summed E-state index contributed by atoms with van der Waals surface area (Å²) in [6, 6.07) is 9.27. The second-order valence-corrected chi connectivity index (χ2v) is 8.83. The summed E-state index contributed by atoms with van der Waals surface area (Å²) in [6.45, 7) is 5.08. The van der Waals surface area contributed by atoms with Gasteiger partial charge in [0.2, 0.25) is 0 Å². The third-order valence-electron chi connectivity index (χ3n) is 6.10.